The van der Waals surface area contributed by atoms with Crippen molar-refractivity contribution in [3.05, 3.63) is 0 Å². The number of rotatable bonds is 7. The van der Waals surface area contributed by atoms with Crippen LogP contribution in [0.2, 0.25) is 0 Å². The summed E-state index contributed by atoms with van der Waals surface area (Å²) in [5.41, 5.74) is 3.01. The van der Waals surface area contributed by atoms with E-state index in [1.807, 2.05) is 0 Å². The molecule has 3 N–H and O–H groups in total. The van der Waals surface area contributed by atoms with Crippen molar-refractivity contribution >= 4 is 11.8 Å². The lowest BCUT2D eigenvalue weighted by molar-refractivity contribution is 0.386. The molecular formula is C13H28N2S. The topological polar surface area (TPSA) is 38.0 Å². The zero-order valence-corrected chi connectivity index (χ0v) is 11.7. The molecule has 0 aromatic carbocycles. The second kappa shape index (κ2) is 8.37. The van der Waals surface area contributed by atoms with Crippen molar-refractivity contribution in [1.29, 1.82) is 0 Å². The third kappa shape index (κ3) is 5.07. The first-order valence-corrected chi connectivity index (χ1v) is 7.90. The SMILES string of the molecule is CCCC(C)C(CSC1CCCCC1)NN. The quantitative estimate of drug-likeness (QED) is 0.533. The zero-order valence-electron chi connectivity index (χ0n) is 10.9. The van der Waals surface area contributed by atoms with Crippen molar-refractivity contribution in [2.75, 3.05) is 5.75 Å². The van der Waals surface area contributed by atoms with Gasteiger partial charge in [-0.05, 0) is 25.2 Å². The maximum Gasteiger partial charge on any atom is 0.0326 e. The first-order chi connectivity index (χ1) is 7.77. The minimum Gasteiger partial charge on any atom is -0.271 e. The Kier molecular flexibility index (Phi) is 7.50. The number of thioether (sulfide) groups is 1. The minimum atomic E-state index is 0.492. The Labute approximate surface area is 105 Å². The van der Waals surface area contributed by atoms with Gasteiger partial charge in [-0.3, -0.25) is 11.3 Å². The average Bonchev–Trinajstić information content (AvgIpc) is 2.31. The van der Waals surface area contributed by atoms with Gasteiger partial charge in [-0.15, -0.1) is 0 Å². The Morgan fingerprint density at radius 2 is 2.00 bits per heavy atom. The van der Waals surface area contributed by atoms with Gasteiger partial charge in [0.2, 0.25) is 0 Å². The van der Waals surface area contributed by atoms with E-state index in [-0.39, 0.29) is 0 Å². The molecule has 1 aliphatic rings. The van der Waals surface area contributed by atoms with Gasteiger partial charge >= 0.3 is 0 Å². The molecule has 1 aliphatic carbocycles. The highest BCUT2D eigenvalue weighted by Gasteiger charge is 2.19. The maximum absolute atomic E-state index is 5.66. The largest absolute Gasteiger partial charge is 0.271 e. The summed E-state index contributed by atoms with van der Waals surface area (Å²) in [7, 11) is 0. The highest BCUT2D eigenvalue weighted by Crippen LogP contribution is 2.29. The van der Waals surface area contributed by atoms with Crippen LogP contribution in [0.1, 0.15) is 58.8 Å². The zero-order chi connectivity index (χ0) is 11.8. The van der Waals surface area contributed by atoms with E-state index in [4.69, 9.17) is 5.84 Å². The molecule has 1 rings (SSSR count). The van der Waals surface area contributed by atoms with Crippen LogP contribution in [0, 0.1) is 5.92 Å². The fraction of sp³-hybridized carbons (Fsp3) is 1.00. The van der Waals surface area contributed by atoms with E-state index >= 15 is 0 Å². The highest BCUT2D eigenvalue weighted by molar-refractivity contribution is 7.99. The third-order valence-corrected chi connectivity index (χ3v) is 5.20. The molecule has 0 heterocycles. The summed E-state index contributed by atoms with van der Waals surface area (Å²) >= 11 is 2.14. The summed E-state index contributed by atoms with van der Waals surface area (Å²) in [4.78, 5) is 0. The molecule has 16 heavy (non-hydrogen) atoms. The highest BCUT2D eigenvalue weighted by atomic mass is 32.2. The predicted octanol–water partition coefficient (Wildman–Crippen LogP) is 3.32. The second-order valence-electron chi connectivity index (χ2n) is 5.13. The van der Waals surface area contributed by atoms with E-state index < -0.39 is 0 Å². The van der Waals surface area contributed by atoms with E-state index in [2.05, 4.69) is 31.0 Å². The van der Waals surface area contributed by atoms with Crippen LogP contribution in [0.25, 0.3) is 0 Å². The van der Waals surface area contributed by atoms with Gasteiger partial charge in [-0.1, -0.05) is 39.5 Å². The van der Waals surface area contributed by atoms with Crippen molar-refractivity contribution in [1.82, 2.24) is 5.43 Å². The first-order valence-electron chi connectivity index (χ1n) is 6.85. The van der Waals surface area contributed by atoms with E-state index in [1.54, 1.807) is 0 Å². The van der Waals surface area contributed by atoms with Gasteiger partial charge in [0, 0.05) is 17.0 Å². The van der Waals surface area contributed by atoms with Crippen molar-refractivity contribution in [3.8, 4) is 0 Å². The van der Waals surface area contributed by atoms with Crippen LogP contribution in [-0.2, 0) is 0 Å². The minimum absolute atomic E-state index is 0.492. The number of nitrogens with two attached hydrogens (primary N) is 1. The molecule has 2 atom stereocenters. The molecule has 0 saturated heterocycles. The molecule has 2 unspecified atom stereocenters. The summed E-state index contributed by atoms with van der Waals surface area (Å²) in [5.74, 6) is 7.54. The Morgan fingerprint density at radius 3 is 2.56 bits per heavy atom. The average molecular weight is 244 g/mol. The van der Waals surface area contributed by atoms with Crippen molar-refractivity contribution < 1.29 is 0 Å². The van der Waals surface area contributed by atoms with Crippen LogP contribution >= 0.6 is 11.8 Å². The van der Waals surface area contributed by atoms with Gasteiger partial charge in [-0.2, -0.15) is 11.8 Å². The predicted molar refractivity (Wildman–Crippen MR) is 74.5 cm³/mol. The van der Waals surface area contributed by atoms with Gasteiger partial charge in [-0.25, -0.2) is 0 Å². The van der Waals surface area contributed by atoms with Crippen LogP contribution in [0.15, 0.2) is 0 Å². The number of hydrogen-bond donors (Lipinski definition) is 2. The van der Waals surface area contributed by atoms with Gasteiger partial charge in [0.25, 0.3) is 0 Å². The lowest BCUT2D eigenvalue weighted by Gasteiger charge is -2.26. The van der Waals surface area contributed by atoms with Crippen LogP contribution in [0.5, 0.6) is 0 Å². The lowest BCUT2D eigenvalue weighted by Crippen LogP contribution is -2.42. The summed E-state index contributed by atoms with van der Waals surface area (Å²) in [6, 6.07) is 0.492. The van der Waals surface area contributed by atoms with Crippen molar-refractivity contribution in [3.63, 3.8) is 0 Å². The van der Waals surface area contributed by atoms with Crippen LogP contribution < -0.4 is 11.3 Å². The van der Waals surface area contributed by atoms with Crippen molar-refractivity contribution in [2.24, 2.45) is 11.8 Å². The number of nitrogens with one attached hydrogen (secondary N) is 1. The molecular weight excluding hydrogens is 216 g/mol. The third-order valence-electron chi connectivity index (χ3n) is 3.71. The molecule has 1 saturated carbocycles. The first kappa shape index (κ1) is 14.3. The Balaban J connectivity index is 2.21. The summed E-state index contributed by atoms with van der Waals surface area (Å²) in [6.45, 7) is 4.56. The van der Waals surface area contributed by atoms with Gasteiger partial charge in [0.15, 0.2) is 0 Å². The Bertz CT molecular complexity index is 169. The molecule has 2 nitrogen and oxygen atoms in total. The van der Waals surface area contributed by atoms with Crippen molar-refractivity contribution in [2.45, 2.75) is 70.1 Å². The fourth-order valence-corrected chi connectivity index (χ4v) is 4.08. The van der Waals surface area contributed by atoms with E-state index in [9.17, 15) is 0 Å². The smallest absolute Gasteiger partial charge is 0.0326 e. The fourth-order valence-electron chi connectivity index (χ4n) is 2.50. The van der Waals surface area contributed by atoms with E-state index in [1.165, 1.54) is 50.7 Å². The molecule has 0 aromatic rings. The molecule has 96 valence electrons. The second-order valence-corrected chi connectivity index (χ2v) is 6.47. The monoisotopic (exact) mass is 244 g/mol. The van der Waals surface area contributed by atoms with Gasteiger partial charge < -0.3 is 0 Å². The molecule has 0 spiro atoms. The molecule has 0 aromatic heterocycles. The number of hydrogen-bond acceptors (Lipinski definition) is 3. The van der Waals surface area contributed by atoms with E-state index in [0.29, 0.717) is 12.0 Å². The standard InChI is InChI=1S/C13H28N2S/c1-3-7-11(2)13(15-14)10-16-12-8-5-4-6-9-12/h11-13,15H,3-10,14H2,1-2H3. The normalized spacial score (nSPS) is 21.9. The van der Waals surface area contributed by atoms with E-state index in [0.717, 1.165) is 5.25 Å². The van der Waals surface area contributed by atoms with Gasteiger partial charge in [0.05, 0.1) is 0 Å². The lowest BCUT2D eigenvalue weighted by atomic mass is 9.99. The van der Waals surface area contributed by atoms with Crippen LogP contribution in [-0.4, -0.2) is 17.0 Å². The summed E-state index contributed by atoms with van der Waals surface area (Å²) < 4.78 is 0. The molecule has 0 bridgehead atoms. The summed E-state index contributed by atoms with van der Waals surface area (Å²) in [6.07, 6.45) is 9.69. The molecule has 0 radical (unpaired) electrons. The summed E-state index contributed by atoms with van der Waals surface area (Å²) in [5, 5.41) is 0.901. The Morgan fingerprint density at radius 1 is 1.31 bits per heavy atom. The van der Waals surface area contributed by atoms with Crippen LogP contribution in [0.3, 0.4) is 0 Å². The Hall–Kier alpha value is 0.270. The molecule has 1 fully saturated rings. The maximum atomic E-state index is 5.66. The molecule has 3 heteroatoms. The van der Waals surface area contributed by atoms with Crippen LogP contribution in [0.4, 0.5) is 0 Å². The van der Waals surface area contributed by atoms with Gasteiger partial charge in [0.1, 0.15) is 0 Å². The molecule has 0 amide bonds. The molecule has 0 aliphatic heterocycles. The number of hydrazine groups is 1.